The second kappa shape index (κ2) is 22.8. The van der Waals surface area contributed by atoms with Gasteiger partial charge < -0.3 is 15.5 Å². The number of benzene rings is 1. The molecule has 0 aliphatic carbocycles. The number of nitrogens with one attached hydrogen (secondary N) is 2. The molecule has 0 radical (unpaired) electrons. The molecule has 1 heterocycles. The minimum Gasteiger partial charge on any atom is -0.312 e. The fraction of sp³-hybridized carbons (Fsp3) is 0.786. The van der Waals surface area contributed by atoms with Gasteiger partial charge >= 0.3 is 0 Å². The molecule has 1 aromatic carbocycles. The minimum absolute atomic E-state index is 0.112. The van der Waals surface area contributed by atoms with E-state index < -0.39 is 0 Å². The molecule has 1 aliphatic heterocycles. The van der Waals surface area contributed by atoms with Crippen LogP contribution in [0.5, 0.6) is 0 Å². The van der Waals surface area contributed by atoms with Crippen molar-refractivity contribution >= 4 is 17.3 Å². The number of Topliss-reactive ketones (excluding diaryl/α,β-unsaturated/α-hetero) is 3. The molecule has 1 aliphatic rings. The standard InChI is InChI=1S/C15H23NO.C14H29NO.C13H25NO/c1-11(2)15(17)9-13-7-5-6-8-14(13)10-16-12(3)4;1-11(8-9-15-14(5,6)7)10-12(16)13(2,3)4;1-10(2)13(15)9-12-5-7-14(8-6-12)11(3)4/h5-8,11-12,16H,9-10H2,1-4H3;11,15H,8-10H2,1-7H3;10-12H,5-9H2,1-4H3. The molecule has 1 saturated heterocycles. The first-order valence-corrected chi connectivity index (χ1v) is 18.9. The Balaban J connectivity index is 0.000000692. The van der Waals surface area contributed by atoms with E-state index in [2.05, 4.69) is 83.1 Å². The summed E-state index contributed by atoms with van der Waals surface area (Å²) in [5.41, 5.74) is 2.37. The number of carbonyl (C=O) groups excluding carboxylic acids is 3. The average Bonchev–Trinajstić information content (AvgIpc) is 2.96. The van der Waals surface area contributed by atoms with E-state index in [0.717, 1.165) is 31.5 Å². The molecule has 0 amide bonds. The Bertz CT molecular complexity index is 1050. The van der Waals surface area contributed by atoms with Gasteiger partial charge in [0.2, 0.25) is 0 Å². The van der Waals surface area contributed by atoms with E-state index >= 15 is 0 Å². The lowest BCUT2D eigenvalue weighted by atomic mass is 9.85. The van der Waals surface area contributed by atoms with Crippen molar-refractivity contribution in [1.29, 1.82) is 0 Å². The Morgan fingerprint density at radius 2 is 1.31 bits per heavy atom. The van der Waals surface area contributed by atoms with E-state index in [1.165, 1.54) is 31.5 Å². The third-order valence-electron chi connectivity index (χ3n) is 9.00. The van der Waals surface area contributed by atoms with Gasteiger partial charge in [-0.3, -0.25) is 14.4 Å². The predicted molar refractivity (Wildman–Crippen MR) is 206 cm³/mol. The molecule has 1 fully saturated rings. The summed E-state index contributed by atoms with van der Waals surface area (Å²) in [6.45, 7) is 35.5. The molecule has 0 spiro atoms. The SMILES string of the molecule is CC(C)C(=O)CC1CCN(C(C)C)CC1.CC(C)NCc1ccccc1CC(=O)C(C)C.CC(CCNC(C)(C)C)CC(=O)C(C)(C)C. The van der Waals surface area contributed by atoms with Crippen molar-refractivity contribution in [3.05, 3.63) is 35.4 Å². The van der Waals surface area contributed by atoms with E-state index in [1.807, 2.05) is 60.6 Å². The van der Waals surface area contributed by atoms with Crippen LogP contribution >= 0.6 is 0 Å². The quantitative estimate of drug-likeness (QED) is 0.194. The first-order valence-electron chi connectivity index (χ1n) is 18.9. The van der Waals surface area contributed by atoms with Crippen LogP contribution in [-0.2, 0) is 27.3 Å². The van der Waals surface area contributed by atoms with Crippen LogP contribution < -0.4 is 10.6 Å². The van der Waals surface area contributed by atoms with Gasteiger partial charge in [-0.2, -0.15) is 0 Å². The van der Waals surface area contributed by atoms with Gasteiger partial charge in [0.1, 0.15) is 17.3 Å². The fourth-order valence-electron chi connectivity index (χ4n) is 5.22. The molecule has 0 saturated carbocycles. The summed E-state index contributed by atoms with van der Waals surface area (Å²) in [5.74, 6) is 2.57. The largest absolute Gasteiger partial charge is 0.312 e. The van der Waals surface area contributed by atoms with Gasteiger partial charge in [-0.25, -0.2) is 0 Å². The second-order valence-corrected chi connectivity index (χ2v) is 17.4. The van der Waals surface area contributed by atoms with Gasteiger partial charge in [0, 0.05) is 60.7 Å². The van der Waals surface area contributed by atoms with Gasteiger partial charge in [-0.1, -0.05) is 93.5 Å². The van der Waals surface area contributed by atoms with Crippen molar-refractivity contribution in [3.63, 3.8) is 0 Å². The molecule has 2 N–H and O–H groups in total. The van der Waals surface area contributed by atoms with Crippen LogP contribution in [0.2, 0.25) is 0 Å². The zero-order chi connectivity index (χ0) is 37.2. The van der Waals surface area contributed by atoms with Gasteiger partial charge in [-0.15, -0.1) is 0 Å². The number of hydrogen-bond donors (Lipinski definition) is 2. The molecule has 6 nitrogen and oxygen atoms in total. The van der Waals surface area contributed by atoms with Crippen molar-refractivity contribution in [2.45, 2.75) is 167 Å². The molecule has 1 atom stereocenters. The van der Waals surface area contributed by atoms with Crippen LogP contribution in [0.1, 0.15) is 147 Å². The lowest BCUT2D eigenvalue weighted by molar-refractivity contribution is -0.127. The lowest BCUT2D eigenvalue weighted by Crippen LogP contribution is -2.39. The summed E-state index contributed by atoms with van der Waals surface area (Å²) in [5, 5.41) is 6.85. The summed E-state index contributed by atoms with van der Waals surface area (Å²) in [6.07, 6.45) is 5.54. The third kappa shape index (κ3) is 22.0. The third-order valence-corrected chi connectivity index (χ3v) is 9.00. The maximum atomic E-state index is 11.8. The van der Waals surface area contributed by atoms with Crippen LogP contribution in [0.3, 0.4) is 0 Å². The zero-order valence-corrected chi connectivity index (χ0v) is 34.0. The predicted octanol–water partition coefficient (Wildman–Crippen LogP) is 9.08. The van der Waals surface area contributed by atoms with Gasteiger partial charge in [-0.05, 0) is 96.5 Å². The maximum Gasteiger partial charge on any atom is 0.139 e. The number of hydrogen-bond acceptors (Lipinski definition) is 6. The van der Waals surface area contributed by atoms with Crippen molar-refractivity contribution in [1.82, 2.24) is 15.5 Å². The smallest absolute Gasteiger partial charge is 0.139 e. The van der Waals surface area contributed by atoms with Crippen LogP contribution in [-0.4, -0.2) is 59.5 Å². The molecule has 278 valence electrons. The Morgan fingerprint density at radius 1 is 0.792 bits per heavy atom. The van der Waals surface area contributed by atoms with Gasteiger partial charge in [0.25, 0.3) is 0 Å². The van der Waals surface area contributed by atoms with E-state index in [4.69, 9.17) is 0 Å². The van der Waals surface area contributed by atoms with E-state index in [1.54, 1.807) is 0 Å². The second-order valence-electron chi connectivity index (χ2n) is 17.4. The summed E-state index contributed by atoms with van der Waals surface area (Å²) >= 11 is 0. The number of nitrogens with zero attached hydrogens (tertiary/aromatic N) is 1. The normalized spacial score (nSPS) is 15.2. The molecule has 1 aromatic rings. The highest BCUT2D eigenvalue weighted by molar-refractivity contribution is 5.84. The highest BCUT2D eigenvalue weighted by atomic mass is 16.1. The van der Waals surface area contributed by atoms with E-state index in [-0.39, 0.29) is 22.8 Å². The number of piperidine rings is 1. The Hall–Kier alpha value is -1.89. The van der Waals surface area contributed by atoms with Gasteiger partial charge in [0.05, 0.1) is 0 Å². The number of likely N-dealkylation sites (tertiary alicyclic amines) is 1. The maximum absolute atomic E-state index is 11.8. The molecule has 2 rings (SSSR count). The van der Waals surface area contributed by atoms with Crippen molar-refractivity contribution in [2.75, 3.05) is 19.6 Å². The number of rotatable bonds is 15. The Kier molecular flexibility index (Phi) is 21.9. The summed E-state index contributed by atoms with van der Waals surface area (Å²) in [7, 11) is 0. The first-order chi connectivity index (χ1) is 22.0. The average molecular weight is 672 g/mol. The topological polar surface area (TPSA) is 78.5 Å². The summed E-state index contributed by atoms with van der Waals surface area (Å²) in [4.78, 5) is 37.7. The van der Waals surface area contributed by atoms with Crippen molar-refractivity contribution in [3.8, 4) is 0 Å². The summed E-state index contributed by atoms with van der Waals surface area (Å²) < 4.78 is 0. The Labute approximate surface area is 297 Å². The molecule has 0 bridgehead atoms. The van der Waals surface area contributed by atoms with E-state index in [0.29, 0.717) is 54.1 Å². The molecule has 6 heteroatoms. The molecule has 48 heavy (non-hydrogen) atoms. The zero-order valence-electron chi connectivity index (χ0n) is 34.0. The van der Waals surface area contributed by atoms with Crippen molar-refractivity contribution in [2.24, 2.45) is 29.1 Å². The molecular weight excluding hydrogens is 594 g/mol. The highest BCUT2D eigenvalue weighted by Crippen LogP contribution is 2.23. The fourth-order valence-corrected chi connectivity index (χ4v) is 5.22. The van der Waals surface area contributed by atoms with Gasteiger partial charge in [0.15, 0.2) is 0 Å². The van der Waals surface area contributed by atoms with Crippen LogP contribution in [0.4, 0.5) is 0 Å². The highest BCUT2D eigenvalue weighted by Gasteiger charge is 2.24. The molecule has 0 aromatic heterocycles. The molecule has 1 unspecified atom stereocenters. The first kappa shape index (κ1) is 46.1. The minimum atomic E-state index is -0.189. The van der Waals surface area contributed by atoms with Crippen LogP contribution in [0.15, 0.2) is 24.3 Å². The lowest BCUT2D eigenvalue weighted by Gasteiger charge is -2.34. The molecular formula is C42H77N3O3. The number of ketones is 3. The van der Waals surface area contributed by atoms with Crippen LogP contribution in [0, 0.1) is 29.1 Å². The van der Waals surface area contributed by atoms with Crippen molar-refractivity contribution < 1.29 is 14.4 Å². The van der Waals surface area contributed by atoms with Crippen LogP contribution in [0.25, 0.3) is 0 Å². The van der Waals surface area contributed by atoms with E-state index in [9.17, 15) is 14.4 Å². The summed E-state index contributed by atoms with van der Waals surface area (Å²) in [6, 6.07) is 9.30. The monoisotopic (exact) mass is 672 g/mol. The number of carbonyl (C=O) groups is 3. The Morgan fingerprint density at radius 3 is 1.75 bits per heavy atom.